The molecule has 0 nitrogen and oxygen atoms in total. The van der Waals surface area contributed by atoms with Crippen molar-refractivity contribution in [3.8, 4) is 0 Å². The van der Waals surface area contributed by atoms with Crippen LogP contribution in [-0.2, 0) is 12.8 Å². The van der Waals surface area contributed by atoms with Crippen molar-refractivity contribution >= 4 is 23.5 Å². The molecule has 22 heavy (non-hydrogen) atoms. The van der Waals surface area contributed by atoms with Gasteiger partial charge in [0.2, 0.25) is 0 Å². The summed E-state index contributed by atoms with van der Waals surface area (Å²) in [6.07, 6.45) is 6.72. The van der Waals surface area contributed by atoms with Gasteiger partial charge in [0.1, 0.15) is 0 Å². The number of aryl methyl sites for hydroxylation is 2. The number of hydrogen-bond acceptors (Lipinski definition) is 2. The molecule has 2 aromatic carbocycles. The van der Waals surface area contributed by atoms with E-state index < -0.39 is 0 Å². The third kappa shape index (κ3) is 3.38. The molecule has 0 radical (unpaired) electrons. The molecule has 2 aromatic rings. The van der Waals surface area contributed by atoms with E-state index in [0.717, 1.165) is 12.8 Å². The summed E-state index contributed by atoms with van der Waals surface area (Å²) in [5.74, 6) is 0. The molecule has 0 aliphatic heterocycles. The van der Waals surface area contributed by atoms with Crippen molar-refractivity contribution in [1.82, 2.24) is 0 Å². The first-order valence-electron chi connectivity index (χ1n) is 7.85. The van der Waals surface area contributed by atoms with E-state index in [0.29, 0.717) is 10.5 Å². The van der Waals surface area contributed by atoms with Gasteiger partial charge in [-0.3, -0.25) is 0 Å². The lowest BCUT2D eigenvalue weighted by Gasteiger charge is -2.23. The Morgan fingerprint density at radius 3 is 1.45 bits per heavy atom. The van der Waals surface area contributed by atoms with E-state index in [1.54, 1.807) is 0 Å². The van der Waals surface area contributed by atoms with Crippen LogP contribution in [0, 0.1) is 13.8 Å². The number of thioether (sulfide) groups is 2. The smallest absolute Gasteiger partial charge is 0.0335 e. The van der Waals surface area contributed by atoms with Crippen molar-refractivity contribution in [2.45, 2.75) is 37.2 Å². The van der Waals surface area contributed by atoms with Crippen LogP contribution < -0.4 is 0 Å². The van der Waals surface area contributed by atoms with Crippen LogP contribution in [-0.4, -0.2) is 12.5 Å². The van der Waals surface area contributed by atoms with E-state index in [9.17, 15) is 0 Å². The molecule has 0 fully saturated rings. The number of hydrogen-bond donors (Lipinski definition) is 0. The average molecular weight is 329 g/mol. The highest BCUT2D eigenvalue weighted by molar-refractivity contribution is 7.99. The minimum Gasteiger partial charge on any atom is -0.157 e. The monoisotopic (exact) mass is 328 g/mol. The average Bonchev–Trinajstić information content (AvgIpc) is 2.48. The molecule has 0 aromatic heterocycles. The Hall–Kier alpha value is -0.860. The van der Waals surface area contributed by atoms with Gasteiger partial charge in [-0.05, 0) is 61.5 Å². The summed E-state index contributed by atoms with van der Waals surface area (Å²) >= 11 is 3.94. The number of rotatable bonds is 2. The van der Waals surface area contributed by atoms with Crippen LogP contribution >= 0.6 is 23.5 Å². The molecule has 0 spiro atoms. The second kappa shape index (κ2) is 6.72. The minimum atomic E-state index is 0.555. The second-order valence-corrected chi connectivity index (χ2v) is 8.44. The molecule has 2 atom stereocenters. The Labute approximate surface area is 143 Å². The van der Waals surface area contributed by atoms with Gasteiger partial charge in [0.25, 0.3) is 0 Å². The van der Waals surface area contributed by atoms with Gasteiger partial charge in [-0.2, -0.15) is 23.5 Å². The zero-order valence-electron chi connectivity index (χ0n) is 13.8. The summed E-state index contributed by atoms with van der Waals surface area (Å²) < 4.78 is 0. The summed E-state index contributed by atoms with van der Waals surface area (Å²) in [7, 11) is 0. The van der Waals surface area contributed by atoms with Crippen molar-refractivity contribution in [1.29, 1.82) is 0 Å². The van der Waals surface area contributed by atoms with Crippen molar-refractivity contribution < 1.29 is 0 Å². The van der Waals surface area contributed by atoms with E-state index >= 15 is 0 Å². The molecule has 0 N–H and O–H groups in total. The first kappa shape index (κ1) is 16.0. The van der Waals surface area contributed by atoms with E-state index in [1.807, 2.05) is 23.5 Å². The first-order valence-corrected chi connectivity index (χ1v) is 10.4. The van der Waals surface area contributed by atoms with Gasteiger partial charge in [0, 0.05) is 10.5 Å². The summed E-state index contributed by atoms with van der Waals surface area (Å²) in [5.41, 5.74) is 8.75. The molecule has 1 aliphatic rings. The van der Waals surface area contributed by atoms with E-state index in [-0.39, 0.29) is 0 Å². The van der Waals surface area contributed by atoms with Gasteiger partial charge in [0.05, 0.1) is 0 Å². The normalized spacial score (nSPS) is 20.7. The molecular weight excluding hydrogens is 304 g/mol. The molecule has 2 heteroatoms. The summed E-state index contributed by atoms with van der Waals surface area (Å²) in [5, 5.41) is 1.11. The Bertz CT molecular complexity index is 616. The largest absolute Gasteiger partial charge is 0.157 e. The third-order valence-corrected chi connectivity index (χ3v) is 6.49. The van der Waals surface area contributed by atoms with Crippen LogP contribution in [0.15, 0.2) is 36.4 Å². The Balaban J connectivity index is 2.14. The predicted molar refractivity (Wildman–Crippen MR) is 102 cm³/mol. The Morgan fingerprint density at radius 1 is 0.682 bits per heavy atom. The van der Waals surface area contributed by atoms with E-state index in [2.05, 4.69) is 62.8 Å². The maximum Gasteiger partial charge on any atom is 0.0335 e. The molecule has 1 aliphatic carbocycles. The van der Waals surface area contributed by atoms with Crippen LogP contribution in [0.25, 0.3) is 0 Å². The lowest BCUT2D eigenvalue weighted by Crippen LogP contribution is -2.07. The highest BCUT2D eigenvalue weighted by atomic mass is 32.2. The molecule has 0 amide bonds. The van der Waals surface area contributed by atoms with Gasteiger partial charge in [-0.25, -0.2) is 0 Å². The lowest BCUT2D eigenvalue weighted by atomic mass is 9.92. The van der Waals surface area contributed by atoms with Crippen molar-refractivity contribution in [3.63, 3.8) is 0 Å². The Kier molecular flexibility index (Phi) is 4.89. The molecular formula is C20H24S2. The molecule has 2 unspecified atom stereocenters. The van der Waals surface area contributed by atoms with Crippen LogP contribution in [0.1, 0.15) is 43.9 Å². The van der Waals surface area contributed by atoms with E-state index in [4.69, 9.17) is 0 Å². The molecule has 0 saturated heterocycles. The summed E-state index contributed by atoms with van der Waals surface area (Å²) in [6.45, 7) is 4.46. The van der Waals surface area contributed by atoms with E-state index in [1.165, 1.54) is 33.4 Å². The lowest BCUT2D eigenvalue weighted by molar-refractivity contribution is 0.876. The quantitative estimate of drug-likeness (QED) is 0.672. The first-order chi connectivity index (χ1) is 10.6. The van der Waals surface area contributed by atoms with Crippen LogP contribution in [0.4, 0.5) is 0 Å². The highest BCUT2D eigenvalue weighted by Gasteiger charge is 2.19. The maximum absolute atomic E-state index is 2.44. The van der Waals surface area contributed by atoms with Crippen molar-refractivity contribution in [2.24, 2.45) is 0 Å². The molecule has 3 rings (SSSR count). The predicted octanol–water partition coefficient (Wildman–Crippen LogP) is 5.91. The fourth-order valence-electron chi connectivity index (χ4n) is 3.50. The molecule has 0 saturated carbocycles. The zero-order valence-corrected chi connectivity index (χ0v) is 15.5. The molecule has 116 valence electrons. The van der Waals surface area contributed by atoms with Crippen molar-refractivity contribution in [2.75, 3.05) is 12.5 Å². The minimum absolute atomic E-state index is 0.555. The zero-order chi connectivity index (χ0) is 15.7. The standard InChI is InChI=1S/C20H24S2/c1-13-5-15-9-17(7-13)19(21-3)12-16-6-14(2)8-18(10-16)20(11-15)22-4/h5-10,19-20H,11-12H2,1-4H3. The third-order valence-electron chi connectivity index (χ3n) is 4.47. The van der Waals surface area contributed by atoms with Crippen LogP contribution in [0.5, 0.6) is 0 Å². The van der Waals surface area contributed by atoms with Gasteiger partial charge in [0.15, 0.2) is 0 Å². The highest BCUT2D eigenvalue weighted by Crippen LogP contribution is 2.38. The summed E-state index contributed by atoms with van der Waals surface area (Å²) in [4.78, 5) is 0. The van der Waals surface area contributed by atoms with Gasteiger partial charge >= 0.3 is 0 Å². The SMILES string of the molecule is CSC1Cc2cc(C)cc(c2)C(SC)Cc2cc(C)cc1c2. The van der Waals surface area contributed by atoms with Gasteiger partial charge < -0.3 is 0 Å². The summed E-state index contributed by atoms with van der Waals surface area (Å²) in [6, 6.07) is 14.4. The van der Waals surface area contributed by atoms with Gasteiger partial charge in [-0.1, -0.05) is 47.5 Å². The maximum atomic E-state index is 2.44. The second-order valence-electron chi connectivity index (χ2n) is 6.36. The van der Waals surface area contributed by atoms with Crippen molar-refractivity contribution in [3.05, 3.63) is 69.8 Å². The molecule has 4 bridgehead atoms. The van der Waals surface area contributed by atoms with Crippen LogP contribution in [0.3, 0.4) is 0 Å². The Morgan fingerprint density at radius 2 is 1.09 bits per heavy atom. The van der Waals surface area contributed by atoms with Crippen LogP contribution in [0.2, 0.25) is 0 Å². The number of fused-ring (bicyclic) bond motifs is 4. The molecule has 0 heterocycles. The fourth-order valence-corrected chi connectivity index (χ4v) is 5.03. The number of benzene rings is 2. The topological polar surface area (TPSA) is 0 Å². The fraction of sp³-hybridized carbons (Fsp3) is 0.400. The van der Waals surface area contributed by atoms with Gasteiger partial charge in [-0.15, -0.1) is 0 Å².